The van der Waals surface area contributed by atoms with E-state index in [0.717, 1.165) is 49.7 Å². The van der Waals surface area contributed by atoms with Crippen LogP contribution in [0.15, 0.2) is 45.7 Å². The molecule has 0 spiro atoms. The Morgan fingerprint density at radius 3 is 2.74 bits per heavy atom. The smallest absolute Gasteiger partial charge is 0.286 e. The second-order valence-electron chi connectivity index (χ2n) is 6.58. The molecular weight excluding hydrogens is 364 g/mol. The van der Waals surface area contributed by atoms with Gasteiger partial charge in [0.2, 0.25) is 0 Å². The SMILES string of the molecule is Cc1ccccc1[S@](=O)Cc1ccc(C(=O)NCCCN2CCOCC2)o1. The number of morpholine rings is 1. The molecule has 0 unspecified atom stereocenters. The number of rotatable bonds is 8. The van der Waals surface area contributed by atoms with Crippen LogP contribution < -0.4 is 5.32 Å². The van der Waals surface area contributed by atoms with Crippen LogP contribution in [0.5, 0.6) is 0 Å². The first-order valence-corrected chi connectivity index (χ1v) is 10.6. The fourth-order valence-corrected chi connectivity index (χ4v) is 4.24. The van der Waals surface area contributed by atoms with Crippen molar-refractivity contribution >= 4 is 16.7 Å². The van der Waals surface area contributed by atoms with Crippen molar-refractivity contribution in [2.24, 2.45) is 0 Å². The van der Waals surface area contributed by atoms with Crippen molar-refractivity contribution in [2.45, 2.75) is 24.0 Å². The van der Waals surface area contributed by atoms with Gasteiger partial charge in [-0.05, 0) is 43.7 Å². The van der Waals surface area contributed by atoms with Crippen LogP contribution in [0.1, 0.15) is 28.3 Å². The van der Waals surface area contributed by atoms with Gasteiger partial charge in [0.15, 0.2) is 5.76 Å². The zero-order valence-corrected chi connectivity index (χ0v) is 16.4. The van der Waals surface area contributed by atoms with Crippen molar-refractivity contribution < 1.29 is 18.2 Å². The predicted molar refractivity (Wildman–Crippen MR) is 104 cm³/mol. The van der Waals surface area contributed by atoms with E-state index in [4.69, 9.17) is 9.15 Å². The molecule has 1 aromatic heterocycles. The molecular formula is C20H26N2O4S. The summed E-state index contributed by atoms with van der Waals surface area (Å²) in [7, 11) is -1.20. The van der Waals surface area contributed by atoms with Gasteiger partial charge in [0, 0.05) is 24.5 Å². The molecule has 1 aromatic carbocycles. The van der Waals surface area contributed by atoms with Gasteiger partial charge in [-0.25, -0.2) is 0 Å². The lowest BCUT2D eigenvalue weighted by Gasteiger charge is -2.26. The molecule has 0 aliphatic carbocycles. The second-order valence-corrected chi connectivity index (χ2v) is 8.00. The fourth-order valence-electron chi connectivity index (χ4n) is 3.01. The summed E-state index contributed by atoms with van der Waals surface area (Å²) in [5, 5.41) is 2.88. The number of hydrogen-bond donors (Lipinski definition) is 1. The average molecular weight is 391 g/mol. The molecule has 0 radical (unpaired) electrons. The Kier molecular flexibility index (Phi) is 7.20. The lowest BCUT2D eigenvalue weighted by molar-refractivity contribution is 0.0374. The summed E-state index contributed by atoms with van der Waals surface area (Å²) in [5.41, 5.74) is 0.987. The highest BCUT2D eigenvalue weighted by Crippen LogP contribution is 2.18. The van der Waals surface area contributed by atoms with Crippen molar-refractivity contribution in [3.8, 4) is 0 Å². The molecule has 2 aromatic rings. The van der Waals surface area contributed by atoms with E-state index in [1.54, 1.807) is 12.1 Å². The van der Waals surface area contributed by atoms with Crippen molar-refractivity contribution in [3.05, 3.63) is 53.5 Å². The summed E-state index contributed by atoms with van der Waals surface area (Å²) in [6.45, 7) is 6.95. The molecule has 1 aliphatic rings. The molecule has 0 bridgehead atoms. The number of hydrogen-bond acceptors (Lipinski definition) is 5. The standard InChI is InChI=1S/C20H26N2O4S/c1-16-5-2-3-6-19(16)27(24)15-17-7-8-18(26-17)20(23)21-9-4-10-22-11-13-25-14-12-22/h2-3,5-8H,4,9-15H2,1H3,(H,21,23)/t27-/m1/s1. The van der Waals surface area contributed by atoms with Crippen LogP contribution in [-0.2, 0) is 21.3 Å². The molecule has 0 saturated carbocycles. The minimum absolute atomic E-state index is 0.232. The van der Waals surface area contributed by atoms with Gasteiger partial charge in [0.1, 0.15) is 5.76 Å². The van der Waals surface area contributed by atoms with Crippen molar-refractivity contribution in [1.29, 1.82) is 0 Å². The Hall–Kier alpha value is -1.96. The van der Waals surface area contributed by atoms with Crippen LogP contribution in [0.2, 0.25) is 0 Å². The number of carbonyl (C=O) groups is 1. The zero-order valence-electron chi connectivity index (χ0n) is 15.6. The Balaban J connectivity index is 1.44. The number of furan rings is 1. The van der Waals surface area contributed by atoms with Gasteiger partial charge in [-0.15, -0.1) is 0 Å². The molecule has 1 fully saturated rings. The number of carbonyl (C=O) groups excluding carboxylic acids is 1. The van der Waals surface area contributed by atoms with Crippen molar-refractivity contribution in [3.63, 3.8) is 0 Å². The highest BCUT2D eigenvalue weighted by Gasteiger charge is 2.15. The van der Waals surface area contributed by atoms with E-state index >= 15 is 0 Å². The van der Waals surface area contributed by atoms with E-state index in [2.05, 4.69) is 10.2 Å². The zero-order chi connectivity index (χ0) is 19.1. The molecule has 146 valence electrons. The molecule has 27 heavy (non-hydrogen) atoms. The molecule has 2 heterocycles. The number of ether oxygens (including phenoxy) is 1. The lowest BCUT2D eigenvalue weighted by atomic mass is 10.2. The monoisotopic (exact) mass is 390 g/mol. The summed E-state index contributed by atoms with van der Waals surface area (Å²) in [6, 6.07) is 10.9. The van der Waals surface area contributed by atoms with Gasteiger partial charge < -0.3 is 14.5 Å². The summed E-state index contributed by atoms with van der Waals surface area (Å²) in [5.74, 6) is 0.841. The molecule has 3 rings (SSSR count). The van der Waals surface area contributed by atoms with Gasteiger partial charge in [-0.2, -0.15) is 0 Å². The first-order valence-electron chi connectivity index (χ1n) is 9.24. The largest absolute Gasteiger partial charge is 0.455 e. The molecule has 6 nitrogen and oxygen atoms in total. The van der Waals surface area contributed by atoms with E-state index in [-0.39, 0.29) is 17.4 Å². The molecule has 1 saturated heterocycles. The Morgan fingerprint density at radius 2 is 1.96 bits per heavy atom. The first kappa shape index (κ1) is 19.8. The molecule has 7 heteroatoms. The van der Waals surface area contributed by atoms with Gasteiger partial charge >= 0.3 is 0 Å². The van der Waals surface area contributed by atoms with Crippen LogP contribution in [-0.4, -0.2) is 54.4 Å². The maximum atomic E-state index is 12.5. The maximum Gasteiger partial charge on any atom is 0.286 e. The Labute approximate surface area is 162 Å². The van der Waals surface area contributed by atoms with Crippen molar-refractivity contribution in [1.82, 2.24) is 10.2 Å². The second kappa shape index (κ2) is 9.82. The minimum atomic E-state index is -1.20. The topological polar surface area (TPSA) is 71.8 Å². The van der Waals surface area contributed by atoms with E-state index < -0.39 is 10.8 Å². The molecule has 1 aliphatic heterocycles. The summed E-state index contributed by atoms with van der Waals surface area (Å²) in [6.07, 6.45) is 0.886. The molecule has 1 amide bonds. The quantitative estimate of drug-likeness (QED) is 0.701. The third-order valence-electron chi connectivity index (χ3n) is 4.54. The normalized spacial score (nSPS) is 16.2. The predicted octanol–water partition coefficient (Wildman–Crippen LogP) is 2.35. The van der Waals surface area contributed by atoms with E-state index in [9.17, 15) is 9.00 Å². The van der Waals surface area contributed by atoms with Gasteiger partial charge in [0.05, 0.1) is 29.8 Å². The number of amides is 1. The van der Waals surface area contributed by atoms with E-state index in [1.807, 2.05) is 31.2 Å². The van der Waals surface area contributed by atoms with Gasteiger partial charge in [0.25, 0.3) is 5.91 Å². The fraction of sp³-hybridized carbons (Fsp3) is 0.450. The van der Waals surface area contributed by atoms with Crippen LogP contribution in [0.25, 0.3) is 0 Å². The highest BCUT2D eigenvalue weighted by molar-refractivity contribution is 7.84. The highest BCUT2D eigenvalue weighted by atomic mass is 32.2. The third-order valence-corrected chi connectivity index (χ3v) is 6.03. The first-order chi connectivity index (χ1) is 13.1. The third kappa shape index (κ3) is 5.76. The van der Waals surface area contributed by atoms with Crippen LogP contribution >= 0.6 is 0 Å². The van der Waals surface area contributed by atoms with Crippen LogP contribution in [0, 0.1) is 6.92 Å². The van der Waals surface area contributed by atoms with Crippen molar-refractivity contribution in [2.75, 3.05) is 39.4 Å². The summed E-state index contributed by atoms with van der Waals surface area (Å²) < 4.78 is 23.4. The van der Waals surface area contributed by atoms with E-state index in [0.29, 0.717) is 12.3 Å². The van der Waals surface area contributed by atoms with E-state index in [1.165, 1.54) is 0 Å². The van der Waals surface area contributed by atoms with Crippen LogP contribution in [0.3, 0.4) is 0 Å². The maximum absolute atomic E-state index is 12.5. The molecule has 1 N–H and O–H groups in total. The number of nitrogens with one attached hydrogen (secondary N) is 1. The Bertz CT molecular complexity index is 784. The summed E-state index contributed by atoms with van der Waals surface area (Å²) in [4.78, 5) is 15.3. The van der Waals surface area contributed by atoms with Gasteiger partial charge in [-0.3, -0.25) is 13.9 Å². The van der Waals surface area contributed by atoms with Gasteiger partial charge in [-0.1, -0.05) is 18.2 Å². The molecule has 1 atom stereocenters. The lowest BCUT2D eigenvalue weighted by Crippen LogP contribution is -2.38. The number of nitrogens with zero attached hydrogens (tertiary/aromatic N) is 1. The number of aryl methyl sites for hydroxylation is 1. The van der Waals surface area contributed by atoms with Crippen LogP contribution in [0.4, 0.5) is 0 Å². The summed E-state index contributed by atoms with van der Waals surface area (Å²) >= 11 is 0. The minimum Gasteiger partial charge on any atom is -0.455 e. The number of benzene rings is 1. The average Bonchev–Trinajstić information content (AvgIpc) is 3.15. The Morgan fingerprint density at radius 1 is 1.19 bits per heavy atom.